The second-order valence-corrected chi connectivity index (χ2v) is 13.5. The number of nitrogens with zero attached hydrogens (tertiary/aromatic N) is 3. The van der Waals surface area contributed by atoms with Gasteiger partial charge in [0.15, 0.2) is 9.84 Å². The van der Waals surface area contributed by atoms with E-state index in [-0.39, 0.29) is 41.6 Å². The molecule has 5 N–H and O–H groups in total. The molecule has 0 radical (unpaired) electrons. The van der Waals surface area contributed by atoms with Gasteiger partial charge in [0.05, 0.1) is 17.2 Å². The Morgan fingerprint density at radius 3 is 2.64 bits per heavy atom. The molecule has 2 bridgehead atoms. The summed E-state index contributed by atoms with van der Waals surface area (Å²) in [6.07, 6.45) is 3.56. The summed E-state index contributed by atoms with van der Waals surface area (Å²) in [5, 5.41) is 3.98. The first-order valence-electron chi connectivity index (χ1n) is 12.4. The number of anilines is 2. The molecule has 3 aromatic heterocycles. The number of aromatic nitrogens is 2. The van der Waals surface area contributed by atoms with Gasteiger partial charge in [-0.1, -0.05) is 6.07 Å². The number of hydrogen-bond donors (Lipinski definition) is 3. The molecule has 1 aliphatic carbocycles. The number of nitrogens with one attached hydrogen (secondary N) is 1. The van der Waals surface area contributed by atoms with Gasteiger partial charge in [-0.2, -0.15) is 0 Å². The number of rotatable bonds is 3. The third-order valence-corrected chi connectivity index (χ3v) is 10.5. The molecule has 1 amide bonds. The van der Waals surface area contributed by atoms with Gasteiger partial charge in [-0.25, -0.2) is 18.4 Å². The number of sulfone groups is 1. The number of carbonyl (C=O) groups is 1. The van der Waals surface area contributed by atoms with E-state index in [0.717, 1.165) is 45.8 Å². The van der Waals surface area contributed by atoms with Gasteiger partial charge >= 0.3 is 0 Å². The summed E-state index contributed by atoms with van der Waals surface area (Å²) in [5.74, 6) is 0.957. The third-order valence-electron chi connectivity index (χ3n) is 7.62. The number of pyridine rings is 2. The van der Waals surface area contributed by atoms with Gasteiger partial charge in [0.2, 0.25) is 0 Å². The number of thiophene rings is 1. The predicted octanol–water partition coefficient (Wildman–Crippen LogP) is 1.96. The summed E-state index contributed by atoms with van der Waals surface area (Å²) < 4.78 is 24.7. The Morgan fingerprint density at radius 1 is 1.14 bits per heavy atom. The van der Waals surface area contributed by atoms with Gasteiger partial charge in [0.1, 0.15) is 15.5 Å². The van der Waals surface area contributed by atoms with Crippen LogP contribution in [-0.2, 0) is 22.7 Å². The zero-order valence-corrected chi connectivity index (χ0v) is 21.7. The van der Waals surface area contributed by atoms with Crippen LogP contribution in [0.15, 0.2) is 24.3 Å². The molecular weight excluding hydrogens is 496 g/mol. The topological polar surface area (TPSA) is 144 Å². The molecule has 2 saturated heterocycles. The Balaban J connectivity index is 1.18. The summed E-state index contributed by atoms with van der Waals surface area (Å²) in [6.45, 7) is 1.92. The highest BCUT2D eigenvalue weighted by Crippen LogP contribution is 2.35. The number of nitrogens with two attached hydrogens (primary N) is 2. The molecule has 0 spiro atoms. The monoisotopic (exact) mass is 526 g/mol. The number of aryl methyl sites for hydroxylation is 2. The number of piperidine rings is 1. The molecular formula is C25H30N6O3S2. The molecule has 2 unspecified atom stereocenters. The average molecular weight is 527 g/mol. The van der Waals surface area contributed by atoms with Crippen LogP contribution in [0.1, 0.15) is 45.9 Å². The average Bonchev–Trinajstić information content (AvgIpc) is 3.13. The molecule has 2 fully saturated rings. The van der Waals surface area contributed by atoms with E-state index in [4.69, 9.17) is 16.5 Å². The van der Waals surface area contributed by atoms with E-state index in [1.54, 1.807) is 0 Å². The number of amides is 1. The first kappa shape index (κ1) is 23.6. The van der Waals surface area contributed by atoms with Gasteiger partial charge in [-0.15, -0.1) is 11.3 Å². The zero-order chi connectivity index (χ0) is 25.2. The van der Waals surface area contributed by atoms with Crippen molar-refractivity contribution in [2.24, 2.45) is 5.73 Å². The minimum absolute atomic E-state index is 0.00512. The summed E-state index contributed by atoms with van der Waals surface area (Å²) in [5.41, 5.74) is 16.0. The van der Waals surface area contributed by atoms with Crippen molar-refractivity contribution < 1.29 is 13.2 Å². The SMILES string of the molecule is Cc1ccc2c(N)c(C(=O)N[C@H]3CCc4nc(N5C6CC(N)CC5CS(=O)(=O)C6)ccc4C3)sc2n1. The molecule has 0 aromatic carbocycles. The Morgan fingerprint density at radius 2 is 1.89 bits per heavy atom. The second-order valence-electron chi connectivity index (χ2n) is 10.4. The molecule has 3 atom stereocenters. The second kappa shape index (κ2) is 8.67. The molecule has 3 aliphatic rings. The van der Waals surface area contributed by atoms with Crippen molar-refractivity contribution >= 4 is 48.8 Å². The van der Waals surface area contributed by atoms with Crippen LogP contribution in [0.5, 0.6) is 0 Å². The van der Waals surface area contributed by atoms with E-state index in [1.807, 2.05) is 25.1 Å². The highest BCUT2D eigenvalue weighted by atomic mass is 32.2. The van der Waals surface area contributed by atoms with E-state index in [1.165, 1.54) is 11.3 Å². The first-order valence-corrected chi connectivity index (χ1v) is 15.0. The first-order chi connectivity index (χ1) is 17.2. The van der Waals surface area contributed by atoms with Crippen molar-refractivity contribution in [3.05, 3.63) is 46.1 Å². The van der Waals surface area contributed by atoms with E-state index in [2.05, 4.69) is 21.3 Å². The molecule has 5 heterocycles. The zero-order valence-electron chi connectivity index (χ0n) is 20.1. The van der Waals surface area contributed by atoms with Gasteiger partial charge in [-0.05, 0) is 62.8 Å². The van der Waals surface area contributed by atoms with Gasteiger partial charge in [0, 0.05) is 40.9 Å². The van der Waals surface area contributed by atoms with Crippen molar-refractivity contribution in [3.63, 3.8) is 0 Å². The summed E-state index contributed by atoms with van der Waals surface area (Å²) >= 11 is 1.33. The van der Waals surface area contributed by atoms with Crippen molar-refractivity contribution in [2.45, 2.75) is 63.2 Å². The fraction of sp³-hybridized carbons (Fsp3) is 0.480. The van der Waals surface area contributed by atoms with Crippen LogP contribution in [-0.4, -0.2) is 60.0 Å². The third kappa shape index (κ3) is 4.22. The maximum absolute atomic E-state index is 13.1. The van der Waals surface area contributed by atoms with Crippen molar-refractivity contribution in [3.8, 4) is 0 Å². The Kier molecular flexibility index (Phi) is 5.69. The maximum Gasteiger partial charge on any atom is 0.263 e. The fourth-order valence-electron chi connectivity index (χ4n) is 6.02. The molecule has 9 nitrogen and oxygen atoms in total. The lowest BCUT2D eigenvalue weighted by Gasteiger charge is -2.48. The molecule has 36 heavy (non-hydrogen) atoms. The number of fused-ring (bicyclic) bond motifs is 4. The lowest BCUT2D eigenvalue weighted by molar-refractivity contribution is 0.0938. The van der Waals surface area contributed by atoms with Crippen LogP contribution in [0.25, 0.3) is 10.2 Å². The van der Waals surface area contributed by atoms with E-state index < -0.39 is 9.84 Å². The Labute approximate surface area is 214 Å². The van der Waals surface area contributed by atoms with Crippen LogP contribution in [0.2, 0.25) is 0 Å². The largest absolute Gasteiger partial charge is 0.397 e. The minimum Gasteiger partial charge on any atom is -0.397 e. The lowest BCUT2D eigenvalue weighted by Crippen LogP contribution is -2.62. The predicted molar refractivity (Wildman–Crippen MR) is 142 cm³/mol. The molecule has 190 valence electrons. The van der Waals surface area contributed by atoms with Gasteiger partial charge < -0.3 is 21.7 Å². The highest BCUT2D eigenvalue weighted by Gasteiger charge is 2.44. The molecule has 11 heteroatoms. The normalized spacial score (nSPS) is 27.0. The van der Waals surface area contributed by atoms with Crippen molar-refractivity contribution in [1.82, 2.24) is 15.3 Å². The van der Waals surface area contributed by atoms with Gasteiger partial charge in [0.25, 0.3) is 5.91 Å². The number of hydrogen-bond acceptors (Lipinski definition) is 9. The van der Waals surface area contributed by atoms with E-state index in [0.29, 0.717) is 29.8 Å². The van der Waals surface area contributed by atoms with Crippen LogP contribution in [0.3, 0.4) is 0 Å². The van der Waals surface area contributed by atoms with Crippen LogP contribution in [0.4, 0.5) is 11.5 Å². The molecule has 2 aliphatic heterocycles. The molecule has 0 saturated carbocycles. The van der Waals surface area contributed by atoms with Crippen LogP contribution < -0.4 is 21.7 Å². The fourth-order valence-corrected chi connectivity index (χ4v) is 8.97. The van der Waals surface area contributed by atoms with Crippen LogP contribution >= 0.6 is 11.3 Å². The standard InChI is InChI=1S/C25H30N6O3S2/c1-13-2-5-19-22(27)23(35-25(19)28-13)24(32)29-16-4-6-20-14(8-16)3-7-21(30-20)31-17-9-15(26)10-18(31)12-36(33,34)11-17/h2-3,5,7,15-18H,4,6,8-12,26-27H2,1H3,(H,29,32)/t15?,16-,17?,18?/m0/s1. The summed E-state index contributed by atoms with van der Waals surface area (Å²) in [7, 11) is -3.06. The van der Waals surface area contributed by atoms with Gasteiger partial charge in [-0.3, -0.25) is 4.79 Å². The minimum atomic E-state index is -3.06. The number of carbonyl (C=O) groups excluding carboxylic acids is 1. The van der Waals surface area contributed by atoms with Crippen molar-refractivity contribution in [1.29, 1.82) is 0 Å². The van der Waals surface area contributed by atoms with E-state index >= 15 is 0 Å². The van der Waals surface area contributed by atoms with Crippen LogP contribution in [0, 0.1) is 6.92 Å². The Hall–Kier alpha value is -2.76. The smallest absolute Gasteiger partial charge is 0.263 e. The lowest BCUT2D eigenvalue weighted by atomic mass is 9.90. The summed E-state index contributed by atoms with van der Waals surface area (Å²) in [4.78, 5) is 26.0. The molecule has 3 aromatic rings. The summed E-state index contributed by atoms with van der Waals surface area (Å²) in [6, 6.07) is 7.67. The Bertz CT molecular complexity index is 1450. The number of nitrogen functional groups attached to an aromatic ring is 1. The van der Waals surface area contributed by atoms with E-state index in [9.17, 15) is 13.2 Å². The highest BCUT2D eigenvalue weighted by molar-refractivity contribution is 7.91. The maximum atomic E-state index is 13.1. The molecule has 6 rings (SSSR count). The quantitative estimate of drug-likeness (QED) is 0.470. The van der Waals surface area contributed by atoms with Crippen molar-refractivity contribution in [2.75, 3.05) is 22.1 Å².